The number of carbonyl (C=O) groups excluding carboxylic acids is 1. The van der Waals surface area contributed by atoms with Gasteiger partial charge in [0.25, 0.3) is 10.0 Å². The zero-order valence-corrected chi connectivity index (χ0v) is 10.3. The first kappa shape index (κ1) is 13.6. The number of aromatic nitrogens is 1. The molecular formula is C10H15N3O3S. The number of aryl methyl sites for hydroxylation is 1. The average Bonchev–Trinajstić information content (AvgIpc) is 2.29. The van der Waals surface area contributed by atoms with Crippen LogP contribution in [0.1, 0.15) is 18.4 Å². The van der Waals surface area contributed by atoms with E-state index in [0.29, 0.717) is 12.8 Å². The summed E-state index contributed by atoms with van der Waals surface area (Å²) >= 11 is 0. The topological polar surface area (TPSA) is 102 Å². The Morgan fingerprint density at radius 3 is 2.82 bits per heavy atom. The molecule has 0 aromatic carbocycles. The second-order valence-corrected chi connectivity index (χ2v) is 5.36. The number of primary amides is 1. The van der Waals surface area contributed by atoms with E-state index in [1.54, 1.807) is 6.07 Å². The van der Waals surface area contributed by atoms with Crippen molar-refractivity contribution < 1.29 is 13.2 Å². The first-order valence-corrected chi connectivity index (χ1v) is 6.61. The van der Waals surface area contributed by atoms with E-state index in [1.165, 1.54) is 19.3 Å². The van der Waals surface area contributed by atoms with Gasteiger partial charge in [-0.05, 0) is 37.6 Å². The van der Waals surface area contributed by atoms with Crippen molar-refractivity contribution in [1.29, 1.82) is 0 Å². The Morgan fingerprint density at radius 1 is 1.53 bits per heavy atom. The van der Waals surface area contributed by atoms with Gasteiger partial charge in [0.1, 0.15) is 0 Å². The highest BCUT2D eigenvalue weighted by Gasteiger charge is 2.13. The lowest BCUT2D eigenvalue weighted by Crippen LogP contribution is -2.20. The molecule has 0 saturated carbocycles. The van der Waals surface area contributed by atoms with Crippen LogP contribution in [0.5, 0.6) is 0 Å². The number of amides is 1. The lowest BCUT2D eigenvalue weighted by atomic mass is 10.1. The van der Waals surface area contributed by atoms with E-state index in [9.17, 15) is 13.2 Å². The summed E-state index contributed by atoms with van der Waals surface area (Å²) in [6.45, 7) is 0. The van der Waals surface area contributed by atoms with Gasteiger partial charge in [-0.1, -0.05) is 0 Å². The van der Waals surface area contributed by atoms with E-state index in [0.717, 1.165) is 5.56 Å². The third kappa shape index (κ3) is 4.12. The number of nitrogens with one attached hydrogen (secondary N) is 1. The molecule has 1 amide bonds. The van der Waals surface area contributed by atoms with E-state index < -0.39 is 10.0 Å². The third-order valence-electron chi connectivity index (χ3n) is 2.23. The molecule has 0 atom stereocenters. The lowest BCUT2D eigenvalue weighted by Gasteiger charge is -2.04. The molecule has 17 heavy (non-hydrogen) atoms. The van der Waals surface area contributed by atoms with Crippen LogP contribution < -0.4 is 10.5 Å². The van der Waals surface area contributed by atoms with Gasteiger partial charge in [0.2, 0.25) is 5.91 Å². The molecule has 6 nitrogen and oxygen atoms in total. The van der Waals surface area contributed by atoms with Crippen molar-refractivity contribution in [2.24, 2.45) is 5.73 Å². The fourth-order valence-electron chi connectivity index (χ4n) is 1.32. The van der Waals surface area contributed by atoms with Crippen LogP contribution in [0.2, 0.25) is 0 Å². The molecule has 0 bridgehead atoms. The molecular weight excluding hydrogens is 242 g/mol. The van der Waals surface area contributed by atoms with Crippen molar-refractivity contribution >= 4 is 15.9 Å². The van der Waals surface area contributed by atoms with Crippen molar-refractivity contribution in [2.45, 2.75) is 24.3 Å². The zero-order valence-electron chi connectivity index (χ0n) is 9.51. The normalized spacial score (nSPS) is 11.4. The zero-order chi connectivity index (χ0) is 12.9. The number of carbonyl (C=O) groups is 1. The summed E-state index contributed by atoms with van der Waals surface area (Å²) < 4.78 is 25.2. The Labute approximate surface area is 100 Å². The second kappa shape index (κ2) is 5.74. The highest BCUT2D eigenvalue weighted by Crippen LogP contribution is 2.10. The molecule has 0 spiro atoms. The van der Waals surface area contributed by atoms with Gasteiger partial charge < -0.3 is 5.73 Å². The molecule has 0 fully saturated rings. The van der Waals surface area contributed by atoms with Gasteiger partial charge in [0.05, 0.1) is 0 Å². The molecule has 1 rings (SSSR count). The first-order chi connectivity index (χ1) is 7.95. The van der Waals surface area contributed by atoms with Crippen LogP contribution in [0.3, 0.4) is 0 Å². The Balaban J connectivity index is 2.76. The van der Waals surface area contributed by atoms with Gasteiger partial charge in [-0.15, -0.1) is 0 Å². The summed E-state index contributed by atoms with van der Waals surface area (Å²) in [6, 6.07) is 3.21. The number of hydrogen-bond donors (Lipinski definition) is 2. The second-order valence-electron chi connectivity index (χ2n) is 3.53. The van der Waals surface area contributed by atoms with Gasteiger partial charge in [-0.2, -0.15) is 0 Å². The molecule has 1 aromatic heterocycles. The highest BCUT2D eigenvalue weighted by atomic mass is 32.2. The van der Waals surface area contributed by atoms with E-state index in [-0.39, 0.29) is 17.4 Å². The fraction of sp³-hybridized carbons (Fsp3) is 0.400. The van der Waals surface area contributed by atoms with E-state index in [4.69, 9.17) is 5.73 Å². The molecule has 94 valence electrons. The smallest absolute Gasteiger partial charge is 0.257 e. The van der Waals surface area contributed by atoms with E-state index in [2.05, 4.69) is 9.71 Å². The number of nitrogens with two attached hydrogens (primary N) is 1. The average molecular weight is 257 g/mol. The minimum absolute atomic E-state index is 0.0171. The van der Waals surface area contributed by atoms with E-state index in [1.807, 2.05) is 0 Å². The van der Waals surface area contributed by atoms with Gasteiger partial charge in [0, 0.05) is 12.6 Å². The van der Waals surface area contributed by atoms with Crippen LogP contribution in [0.15, 0.2) is 23.4 Å². The molecule has 0 aliphatic heterocycles. The van der Waals surface area contributed by atoms with Crippen LogP contribution in [0.25, 0.3) is 0 Å². The number of hydrogen-bond acceptors (Lipinski definition) is 4. The van der Waals surface area contributed by atoms with Crippen molar-refractivity contribution in [1.82, 2.24) is 9.71 Å². The maximum absolute atomic E-state index is 11.5. The first-order valence-electron chi connectivity index (χ1n) is 5.12. The van der Waals surface area contributed by atoms with Crippen LogP contribution >= 0.6 is 0 Å². The molecule has 0 radical (unpaired) electrons. The summed E-state index contributed by atoms with van der Waals surface area (Å²) in [7, 11) is -2.18. The highest BCUT2D eigenvalue weighted by molar-refractivity contribution is 7.89. The maximum atomic E-state index is 11.5. The van der Waals surface area contributed by atoms with Crippen LogP contribution in [-0.2, 0) is 21.2 Å². The predicted molar refractivity (Wildman–Crippen MR) is 62.6 cm³/mol. The summed E-state index contributed by atoms with van der Waals surface area (Å²) in [5.74, 6) is -0.359. The molecule has 0 aliphatic rings. The molecule has 0 saturated heterocycles. The lowest BCUT2D eigenvalue weighted by molar-refractivity contribution is -0.118. The quantitative estimate of drug-likeness (QED) is 0.736. The maximum Gasteiger partial charge on any atom is 0.257 e. The minimum Gasteiger partial charge on any atom is -0.370 e. The predicted octanol–water partition coefficient (Wildman–Crippen LogP) is -0.202. The fourth-order valence-corrected chi connectivity index (χ4v) is 2.04. The minimum atomic E-state index is -3.51. The molecule has 1 heterocycles. The van der Waals surface area contributed by atoms with Gasteiger partial charge in [-0.3, -0.25) is 4.79 Å². The number of nitrogens with zero attached hydrogens (tertiary/aromatic N) is 1. The summed E-state index contributed by atoms with van der Waals surface area (Å²) in [5, 5.41) is -0.0171. The van der Waals surface area contributed by atoms with Crippen LogP contribution in [-0.4, -0.2) is 26.4 Å². The Bertz CT molecular complexity index is 499. The number of sulfonamides is 1. The van der Waals surface area contributed by atoms with Crippen molar-refractivity contribution in [3.8, 4) is 0 Å². The molecule has 7 heteroatoms. The monoisotopic (exact) mass is 257 g/mol. The Kier molecular flexibility index (Phi) is 4.59. The molecule has 0 aliphatic carbocycles. The van der Waals surface area contributed by atoms with Crippen molar-refractivity contribution in [3.63, 3.8) is 0 Å². The Hall–Kier alpha value is -1.47. The van der Waals surface area contributed by atoms with Crippen molar-refractivity contribution in [2.75, 3.05) is 7.05 Å². The molecule has 3 N–H and O–H groups in total. The van der Waals surface area contributed by atoms with Crippen LogP contribution in [0.4, 0.5) is 0 Å². The molecule has 0 unspecified atom stereocenters. The SMILES string of the molecule is CNS(=O)(=O)c1cc(CCCC(N)=O)ccn1. The Morgan fingerprint density at radius 2 is 2.24 bits per heavy atom. The van der Waals surface area contributed by atoms with Crippen LogP contribution in [0, 0.1) is 0 Å². The number of pyridine rings is 1. The summed E-state index contributed by atoms with van der Waals surface area (Å²) in [5.41, 5.74) is 5.84. The summed E-state index contributed by atoms with van der Waals surface area (Å²) in [6.07, 6.45) is 2.91. The third-order valence-corrected chi connectivity index (χ3v) is 3.54. The summed E-state index contributed by atoms with van der Waals surface area (Å²) in [4.78, 5) is 14.3. The largest absolute Gasteiger partial charge is 0.370 e. The standard InChI is InChI=1S/C10H15N3O3S/c1-12-17(15,16)10-7-8(5-6-13-10)3-2-4-9(11)14/h5-7,12H,2-4H2,1H3,(H2,11,14). The van der Waals surface area contributed by atoms with E-state index >= 15 is 0 Å². The van der Waals surface area contributed by atoms with Gasteiger partial charge in [-0.25, -0.2) is 18.1 Å². The molecule has 1 aromatic rings. The van der Waals surface area contributed by atoms with Gasteiger partial charge in [0.15, 0.2) is 5.03 Å². The van der Waals surface area contributed by atoms with Crippen molar-refractivity contribution in [3.05, 3.63) is 23.9 Å². The van der Waals surface area contributed by atoms with Gasteiger partial charge >= 0.3 is 0 Å². The number of rotatable bonds is 6.